The van der Waals surface area contributed by atoms with Gasteiger partial charge in [-0.25, -0.2) is 4.79 Å². The number of nitrogens with zero attached hydrogens (tertiary/aromatic N) is 4. The Hall–Kier alpha value is -2.18. The molecular formula is C17H25N5O2. The number of aromatic nitrogens is 2. The number of piperazine rings is 1. The van der Waals surface area contributed by atoms with E-state index >= 15 is 0 Å². The lowest BCUT2D eigenvalue weighted by molar-refractivity contribution is -0.140. The fourth-order valence-electron chi connectivity index (χ4n) is 2.78. The Morgan fingerprint density at radius 2 is 1.67 bits per heavy atom. The van der Waals surface area contributed by atoms with Crippen LogP contribution in [0.25, 0.3) is 0 Å². The maximum Gasteiger partial charge on any atom is 0.323 e. The third-order valence-corrected chi connectivity index (χ3v) is 4.41. The molecule has 24 heavy (non-hydrogen) atoms. The molecule has 1 saturated carbocycles. The first-order chi connectivity index (χ1) is 11.3. The zero-order valence-electron chi connectivity index (χ0n) is 14.6. The largest absolute Gasteiger partial charge is 0.339 e. The highest BCUT2D eigenvalue weighted by molar-refractivity contribution is 5.88. The minimum Gasteiger partial charge on any atom is -0.339 e. The van der Waals surface area contributed by atoms with E-state index in [-0.39, 0.29) is 17.4 Å². The van der Waals surface area contributed by atoms with Gasteiger partial charge in [0, 0.05) is 37.5 Å². The first-order valence-corrected chi connectivity index (χ1v) is 8.53. The predicted octanol–water partition coefficient (Wildman–Crippen LogP) is 2.08. The van der Waals surface area contributed by atoms with E-state index in [0.717, 1.165) is 5.69 Å². The maximum absolute atomic E-state index is 12.3. The average Bonchev–Trinajstić information content (AvgIpc) is 3.39. The van der Waals surface area contributed by atoms with Gasteiger partial charge in [-0.05, 0) is 25.0 Å². The van der Waals surface area contributed by atoms with Crippen molar-refractivity contribution in [1.29, 1.82) is 0 Å². The monoisotopic (exact) mass is 331 g/mol. The number of rotatable bonds is 2. The summed E-state index contributed by atoms with van der Waals surface area (Å²) in [5, 5.41) is 11.0. The van der Waals surface area contributed by atoms with Crippen molar-refractivity contribution in [1.82, 2.24) is 20.0 Å². The lowest BCUT2D eigenvalue weighted by Gasteiger charge is -2.37. The molecule has 1 aliphatic carbocycles. The van der Waals surface area contributed by atoms with Crippen LogP contribution < -0.4 is 5.32 Å². The summed E-state index contributed by atoms with van der Waals surface area (Å²) >= 11 is 0. The van der Waals surface area contributed by atoms with Crippen molar-refractivity contribution in [2.45, 2.75) is 39.5 Å². The van der Waals surface area contributed by atoms with E-state index in [4.69, 9.17) is 0 Å². The van der Waals surface area contributed by atoms with Crippen LogP contribution in [0.15, 0.2) is 12.1 Å². The van der Waals surface area contributed by atoms with E-state index in [1.54, 1.807) is 11.0 Å². The van der Waals surface area contributed by atoms with E-state index < -0.39 is 0 Å². The molecule has 1 aromatic heterocycles. The second kappa shape index (κ2) is 6.37. The number of anilines is 1. The molecule has 0 bridgehead atoms. The Balaban J connectivity index is 1.50. The molecule has 1 N–H and O–H groups in total. The normalized spacial score (nSPS) is 18.5. The highest BCUT2D eigenvalue weighted by Gasteiger charge is 2.31. The molecule has 0 atom stereocenters. The SMILES string of the molecule is CC(C)(C)C(=O)N1CCN(C(=O)Nc2ccc(C3CC3)nn2)CC1. The summed E-state index contributed by atoms with van der Waals surface area (Å²) in [7, 11) is 0. The summed E-state index contributed by atoms with van der Waals surface area (Å²) in [5.74, 6) is 1.15. The first-order valence-electron chi connectivity index (χ1n) is 8.53. The van der Waals surface area contributed by atoms with Crippen LogP contribution in [-0.4, -0.2) is 58.1 Å². The molecule has 2 fully saturated rings. The van der Waals surface area contributed by atoms with Crippen LogP contribution in [0.1, 0.15) is 45.2 Å². The van der Waals surface area contributed by atoms with Crippen molar-refractivity contribution >= 4 is 17.8 Å². The van der Waals surface area contributed by atoms with Crippen LogP contribution in [0.4, 0.5) is 10.6 Å². The molecule has 2 aliphatic rings. The Bertz CT molecular complexity index is 611. The van der Waals surface area contributed by atoms with Crippen molar-refractivity contribution in [2.24, 2.45) is 5.41 Å². The van der Waals surface area contributed by atoms with E-state index in [1.165, 1.54) is 12.8 Å². The standard InChI is InChI=1S/C17H25N5O2/c1-17(2,3)15(23)21-8-10-22(11-9-21)16(24)18-14-7-6-13(19-20-14)12-4-5-12/h6-7,12H,4-5,8-11H2,1-3H3,(H,18,20,24). The van der Waals surface area contributed by atoms with Crippen molar-refractivity contribution < 1.29 is 9.59 Å². The molecule has 0 radical (unpaired) electrons. The van der Waals surface area contributed by atoms with Gasteiger partial charge in [0.25, 0.3) is 0 Å². The quantitative estimate of drug-likeness (QED) is 0.900. The number of amides is 3. The number of nitrogens with one attached hydrogen (secondary N) is 1. The summed E-state index contributed by atoms with van der Waals surface area (Å²) in [6, 6.07) is 3.55. The molecule has 7 nitrogen and oxygen atoms in total. The predicted molar refractivity (Wildman–Crippen MR) is 90.6 cm³/mol. The second-order valence-electron chi connectivity index (χ2n) is 7.58. The third kappa shape index (κ3) is 3.83. The highest BCUT2D eigenvalue weighted by Crippen LogP contribution is 2.38. The molecule has 2 heterocycles. The van der Waals surface area contributed by atoms with Crippen LogP contribution in [-0.2, 0) is 4.79 Å². The van der Waals surface area contributed by atoms with Gasteiger partial charge < -0.3 is 9.80 Å². The molecule has 130 valence electrons. The molecule has 1 saturated heterocycles. The van der Waals surface area contributed by atoms with Crippen LogP contribution >= 0.6 is 0 Å². The summed E-state index contributed by atoms with van der Waals surface area (Å²) in [4.78, 5) is 28.1. The number of hydrogen-bond donors (Lipinski definition) is 1. The van der Waals surface area contributed by atoms with Crippen LogP contribution in [0.2, 0.25) is 0 Å². The van der Waals surface area contributed by atoms with Crippen molar-refractivity contribution in [2.75, 3.05) is 31.5 Å². The molecule has 0 aromatic carbocycles. The van der Waals surface area contributed by atoms with Gasteiger partial charge >= 0.3 is 6.03 Å². The molecule has 3 rings (SSSR count). The minimum atomic E-state index is -0.386. The first kappa shape index (κ1) is 16.7. The molecule has 1 aliphatic heterocycles. The molecular weight excluding hydrogens is 306 g/mol. The number of urea groups is 1. The lowest BCUT2D eigenvalue weighted by atomic mass is 9.94. The van der Waals surface area contributed by atoms with E-state index in [9.17, 15) is 9.59 Å². The van der Waals surface area contributed by atoms with Crippen LogP contribution in [0.3, 0.4) is 0 Å². The van der Waals surface area contributed by atoms with Crippen LogP contribution in [0.5, 0.6) is 0 Å². The van der Waals surface area contributed by atoms with E-state index in [2.05, 4.69) is 15.5 Å². The number of carbonyl (C=O) groups excluding carboxylic acids is 2. The maximum atomic E-state index is 12.3. The van der Waals surface area contributed by atoms with Gasteiger partial charge in [-0.1, -0.05) is 20.8 Å². The van der Waals surface area contributed by atoms with Crippen LogP contribution in [0, 0.1) is 5.41 Å². The fourth-order valence-corrected chi connectivity index (χ4v) is 2.78. The Labute approximate surface area is 142 Å². The summed E-state index contributed by atoms with van der Waals surface area (Å²) < 4.78 is 0. The van der Waals surface area contributed by atoms with Gasteiger partial charge in [0.05, 0.1) is 5.69 Å². The molecule has 7 heteroatoms. The molecule has 1 aromatic rings. The third-order valence-electron chi connectivity index (χ3n) is 4.41. The molecule has 3 amide bonds. The Morgan fingerprint density at radius 1 is 1.04 bits per heavy atom. The highest BCUT2D eigenvalue weighted by atomic mass is 16.2. The minimum absolute atomic E-state index is 0.129. The van der Waals surface area contributed by atoms with Gasteiger partial charge in [-0.15, -0.1) is 5.10 Å². The smallest absolute Gasteiger partial charge is 0.323 e. The second-order valence-corrected chi connectivity index (χ2v) is 7.58. The van der Waals surface area contributed by atoms with E-state index in [1.807, 2.05) is 31.7 Å². The fraction of sp³-hybridized carbons (Fsp3) is 0.647. The molecule has 0 unspecified atom stereocenters. The zero-order valence-corrected chi connectivity index (χ0v) is 14.6. The molecule has 0 spiro atoms. The average molecular weight is 331 g/mol. The zero-order chi connectivity index (χ0) is 17.3. The summed E-state index contributed by atoms with van der Waals surface area (Å²) in [5.41, 5.74) is 0.617. The van der Waals surface area contributed by atoms with Gasteiger partial charge in [-0.2, -0.15) is 5.10 Å². The Morgan fingerprint density at radius 3 is 2.17 bits per heavy atom. The van der Waals surface area contributed by atoms with E-state index in [0.29, 0.717) is 37.9 Å². The van der Waals surface area contributed by atoms with Crippen molar-refractivity contribution in [3.63, 3.8) is 0 Å². The topological polar surface area (TPSA) is 78.4 Å². The summed E-state index contributed by atoms with van der Waals surface area (Å²) in [6.45, 7) is 7.93. The van der Waals surface area contributed by atoms with Crippen molar-refractivity contribution in [3.05, 3.63) is 17.8 Å². The van der Waals surface area contributed by atoms with Crippen molar-refractivity contribution in [3.8, 4) is 0 Å². The van der Waals surface area contributed by atoms with Gasteiger partial charge in [0.1, 0.15) is 0 Å². The lowest BCUT2D eigenvalue weighted by Crippen LogP contribution is -2.53. The number of carbonyl (C=O) groups is 2. The van der Waals surface area contributed by atoms with Gasteiger partial charge in [-0.3, -0.25) is 10.1 Å². The van der Waals surface area contributed by atoms with Gasteiger partial charge in [0.15, 0.2) is 5.82 Å². The Kier molecular flexibility index (Phi) is 4.43. The van der Waals surface area contributed by atoms with Gasteiger partial charge in [0.2, 0.25) is 5.91 Å². The number of hydrogen-bond acceptors (Lipinski definition) is 4. The summed E-state index contributed by atoms with van der Waals surface area (Å²) in [6.07, 6.45) is 2.36.